The van der Waals surface area contributed by atoms with Gasteiger partial charge in [-0.25, -0.2) is 0 Å². The topological polar surface area (TPSA) is 74.6 Å². The summed E-state index contributed by atoms with van der Waals surface area (Å²) in [5, 5.41) is 0. The second-order valence-corrected chi connectivity index (χ2v) is 1.34. The maximum absolute atomic E-state index is 8.74. The summed E-state index contributed by atoms with van der Waals surface area (Å²) in [5.41, 5.74) is 0. The van der Waals surface area contributed by atoms with Crippen LogP contribution in [-0.4, -0.2) is 17.5 Å². The molecule has 7 heteroatoms. The van der Waals surface area contributed by atoms with E-state index in [1.165, 1.54) is 0 Å². The molecule has 0 aromatic carbocycles. The van der Waals surface area contributed by atoms with E-state index < -0.39 is 10.4 Å². The Morgan fingerprint density at radius 2 is 1.14 bits per heavy atom. The van der Waals surface area contributed by atoms with Crippen LogP contribution in [0.1, 0.15) is 0 Å². The third-order valence-electron chi connectivity index (χ3n) is 0. The van der Waals surface area contributed by atoms with Crippen molar-refractivity contribution in [1.29, 1.82) is 0 Å². The Morgan fingerprint density at radius 1 is 1.14 bits per heavy atom. The molecule has 0 saturated heterocycles. The fraction of sp³-hybridized carbons (Fsp3) is 0. The molecular weight excluding hydrogens is 155 g/mol. The number of hydrogen-bond donors (Lipinski definition) is 2. The molecule has 0 radical (unpaired) electrons. The van der Waals surface area contributed by atoms with Gasteiger partial charge in [-0.1, -0.05) is 0 Å². The van der Waals surface area contributed by atoms with E-state index in [2.05, 4.69) is 0 Å². The van der Waals surface area contributed by atoms with Gasteiger partial charge < -0.3 is 12.4 Å². The van der Waals surface area contributed by atoms with Crippen molar-refractivity contribution in [3.63, 3.8) is 0 Å². The normalized spacial score (nSPS) is 8.29. The van der Waals surface area contributed by atoms with Gasteiger partial charge in [-0.05, 0) is 0 Å². The molecule has 0 spiro atoms. The van der Waals surface area contributed by atoms with Gasteiger partial charge in [-0.15, -0.1) is 0 Å². The molecular formula is H2ClNaO4S. The molecule has 0 fully saturated rings. The molecule has 0 amide bonds. The molecule has 2 N–H and O–H groups in total. The molecule has 0 atom stereocenters. The molecule has 0 heterocycles. The summed E-state index contributed by atoms with van der Waals surface area (Å²) in [4.78, 5) is 0. The number of rotatable bonds is 0. The standard InChI is InChI=1S/ClH.Na.H2O4S/c;;1-5(2,3)4/h1H;;(H2,1,2,3,4)/q;+1;/p-1. The smallest absolute Gasteiger partial charge is 1.00 e. The van der Waals surface area contributed by atoms with Gasteiger partial charge in [0.1, 0.15) is 0 Å². The van der Waals surface area contributed by atoms with Crippen molar-refractivity contribution in [2.75, 3.05) is 0 Å². The predicted octanol–water partition coefficient (Wildman–Crippen LogP) is -6.64. The minimum atomic E-state index is -4.67. The van der Waals surface area contributed by atoms with Crippen LogP contribution in [0.15, 0.2) is 0 Å². The molecule has 0 aromatic rings. The predicted molar refractivity (Wildman–Crippen MR) is 14.2 cm³/mol. The average Bonchev–Trinajstić information content (AvgIpc) is 0.722. The largest absolute Gasteiger partial charge is 1.00 e. The average molecular weight is 157 g/mol. The fourth-order valence-electron chi connectivity index (χ4n) is 0. The van der Waals surface area contributed by atoms with Gasteiger partial charge in [0.05, 0.1) is 0 Å². The fourth-order valence-corrected chi connectivity index (χ4v) is 0. The first kappa shape index (κ1) is 15.7. The third-order valence-corrected chi connectivity index (χ3v) is 0. The van der Waals surface area contributed by atoms with E-state index >= 15 is 0 Å². The van der Waals surface area contributed by atoms with Crippen molar-refractivity contribution in [3.8, 4) is 0 Å². The molecule has 0 aromatic heterocycles. The Bertz CT molecular complexity index is 94.9. The van der Waals surface area contributed by atoms with Crippen LogP contribution in [0.3, 0.4) is 0 Å². The summed E-state index contributed by atoms with van der Waals surface area (Å²) >= 11 is 0. The Hall–Kier alpha value is 1.16. The number of hydrogen-bond acceptors (Lipinski definition) is 2. The van der Waals surface area contributed by atoms with E-state index in [4.69, 9.17) is 17.5 Å². The molecule has 40 valence electrons. The minimum absolute atomic E-state index is 0. The van der Waals surface area contributed by atoms with E-state index in [1.807, 2.05) is 0 Å². The van der Waals surface area contributed by atoms with Gasteiger partial charge in [0.15, 0.2) is 0 Å². The van der Waals surface area contributed by atoms with Crippen molar-refractivity contribution in [2.24, 2.45) is 0 Å². The van der Waals surface area contributed by atoms with Gasteiger partial charge in [0.2, 0.25) is 0 Å². The van der Waals surface area contributed by atoms with Crippen molar-refractivity contribution in [1.82, 2.24) is 0 Å². The molecule has 0 aliphatic carbocycles. The summed E-state index contributed by atoms with van der Waals surface area (Å²) < 4.78 is 31.6. The summed E-state index contributed by atoms with van der Waals surface area (Å²) in [5.74, 6) is 0. The zero-order valence-corrected chi connectivity index (χ0v) is 7.07. The molecule has 0 aliphatic heterocycles. The second kappa shape index (κ2) is 5.30. The monoisotopic (exact) mass is 156 g/mol. The van der Waals surface area contributed by atoms with Crippen LogP contribution in [0.2, 0.25) is 0 Å². The Morgan fingerprint density at radius 3 is 1.14 bits per heavy atom. The van der Waals surface area contributed by atoms with Gasteiger partial charge in [0.25, 0.3) is 0 Å². The molecule has 0 bridgehead atoms. The first-order valence-corrected chi connectivity index (χ1v) is 2.10. The van der Waals surface area contributed by atoms with Crippen LogP contribution in [0.4, 0.5) is 0 Å². The molecule has 0 rings (SSSR count). The van der Waals surface area contributed by atoms with Crippen LogP contribution < -0.4 is 42.0 Å². The number of halogens is 1. The van der Waals surface area contributed by atoms with E-state index in [-0.39, 0.29) is 42.0 Å². The van der Waals surface area contributed by atoms with E-state index in [9.17, 15) is 0 Å². The summed E-state index contributed by atoms with van der Waals surface area (Å²) in [6, 6.07) is 0. The molecule has 4 nitrogen and oxygen atoms in total. The van der Waals surface area contributed by atoms with Gasteiger partial charge in [0, 0.05) is 0 Å². The summed E-state index contributed by atoms with van der Waals surface area (Å²) in [7, 11) is -4.67. The van der Waals surface area contributed by atoms with Crippen LogP contribution in [0.5, 0.6) is 0 Å². The minimum Gasteiger partial charge on any atom is -1.00 e. The Balaban J connectivity index is -0.0000000800. The molecule has 7 heavy (non-hydrogen) atoms. The van der Waals surface area contributed by atoms with Crippen molar-refractivity contribution in [2.45, 2.75) is 0 Å². The van der Waals surface area contributed by atoms with Crippen molar-refractivity contribution < 1.29 is 59.5 Å². The first-order chi connectivity index (χ1) is 2.00. The van der Waals surface area contributed by atoms with E-state index in [1.54, 1.807) is 0 Å². The van der Waals surface area contributed by atoms with Crippen LogP contribution in [-0.2, 0) is 10.4 Å². The second-order valence-electron chi connectivity index (χ2n) is 0.448. The summed E-state index contributed by atoms with van der Waals surface area (Å²) in [6.07, 6.45) is 0. The first-order valence-electron chi connectivity index (χ1n) is 0.698. The molecule has 0 aliphatic rings. The van der Waals surface area contributed by atoms with E-state index in [0.717, 1.165) is 0 Å². The van der Waals surface area contributed by atoms with Crippen LogP contribution in [0, 0.1) is 0 Å². The van der Waals surface area contributed by atoms with E-state index in [0.29, 0.717) is 0 Å². The zero-order chi connectivity index (χ0) is 4.50. The SMILES string of the molecule is O=S(=O)(O)O.[Cl-].[Na+]. The van der Waals surface area contributed by atoms with Gasteiger partial charge in [-0.2, -0.15) is 8.42 Å². The zero-order valence-electron chi connectivity index (χ0n) is 3.50. The summed E-state index contributed by atoms with van der Waals surface area (Å²) in [6.45, 7) is 0. The van der Waals surface area contributed by atoms with Gasteiger partial charge in [-0.3, -0.25) is 9.11 Å². The Kier molecular flexibility index (Phi) is 11.9. The molecule has 0 unspecified atom stereocenters. The maximum atomic E-state index is 8.74. The van der Waals surface area contributed by atoms with Crippen LogP contribution >= 0.6 is 0 Å². The van der Waals surface area contributed by atoms with Crippen molar-refractivity contribution in [3.05, 3.63) is 0 Å². The third kappa shape index (κ3) is 142. The van der Waals surface area contributed by atoms with Crippen LogP contribution in [0.25, 0.3) is 0 Å². The van der Waals surface area contributed by atoms with Crippen molar-refractivity contribution >= 4 is 10.4 Å². The Labute approximate surface area is 69.6 Å². The maximum Gasteiger partial charge on any atom is 1.00 e. The molecule has 0 saturated carbocycles. The van der Waals surface area contributed by atoms with Gasteiger partial charge >= 0.3 is 40.0 Å². The quantitative estimate of drug-likeness (QED) is 0.270.